The van der Waals surface area contributed by atoms with Crippen LogP contribution in [0.5, 0.6) is 34.5 Å². The molecule has 0 aliphatic heterocycles. The summed E-state index contributed by atoms with van der Waals surface area (Å²) in [6.45, 7) is 2.21. The molecule has 0 bridgehead atoms. The third-order valence-corrected chi connectivity index (χ3v) is 8.73. The summed E-state index contributed by atoms with van der Waals surface area (Å²) in [5.41, 5.74) is 6.67. The molecule has 0 fully saturated rings. The highest BCUT2D eigenvalue weighted by atomic mass is 16.5. The van der Waals surface area contributed by atoms with Gasteiger partial charge in [-0.05, 0) is 69.8 Å². The van der Waals surface area contributed by atoms with Crippen molar-refractivity contribution in [3.63, 3.8) is 0 Å². The number of terminal acetylenes is 1. The second kappa shape index (κ2) is 19.3. The minimum atomic E-state index is 0.251. The predicted molar refractivity (Wildman–Crippen MR) is 219 cm³/mol. The molecule has 7 rings (SSSR count). The van der Waals surface area contributed by atoms with Crippen LogP contribution in [0, 0.1) is 12.3 Å². The van der Waals surface area contributed by atoms with Crippen molar-refractivity contribution in [2.75, 3.05) is 0 Å². The normalized spacial score (nSPS) is 10.6. The summed E-state index contributed by atoms with van der Waals surface area (Å²) in [6, 6.07) is 57.4. The monoisotopic (exact) mass is 738 g/mol. The van der Waals surface area contributed by atoms with Crippen LogP contribution >= 0.6 is 0 Å². The van der Waals surface area contributed by atoms with Gasteiger partial charge in [-0.2, -0.15) is 0 Å². The predicted octanol–water partition coefficient (Wildman–Crippen LogP) is 11.1. The van der Waals surface area contributed by atoms with Gasteiger partial charge in [0.1, 0.15) is 74.1 Å². The van der Waals surface area contributed by atoms with Gasteiger partial charge in [0, 0.05) is 23.8 Å². The number of ether oxygens (including phenoxy) is 6. The summed E-state index contributed by atoms with van der Waals surface area (Å²) < 4.78 is 37.4. The quantitative estimate of drug-likeness (QED) is 0.0817. The van der Waals surface area contributed by atoms with Crippen LogP contribution in [0.4, 0.5) is 0 Å². The van der Waals surface area contributed by atoms with Crippen molar-refractivity contribution in [2.24, 2.45) is 0 Å². The second-order valence-corrected chi connectivity index (χ2v) is 13.1. The van der Waals surface area contributed by atoms with E-state index in [0.29, 0.717) is 66.5 Å². The number of rotatable bonds is 18. The Morgan fingerprint density at radius 2 is 0.518 bits per heavy atom. The molecule has 7 aromatic rings. The van der Waals surface area contributed by atoms with Gasteiger partial charge < -0.3 is 28.4 Å². The van der Waals surface area contributed by atoms with E-state index in [0.717, 1.165) is 33.4 Å². The van der Waals surface area contributed by atoms with E-state index in [4.69, 9.17) is 34.8 Å². The maximum atomic E-state index is 6.32. The van der Waals surface area contributed by atoms with E-state index < -0.39 is 0 Å². The molecule has 0 atom stereocenters. The molecule has 0 heterocycles. The fourth-order valence-electron chi connectivity index (χ4n) is 5.88. The van der Waals surface area contributed by atoms with Crippen molar-refractivity contribution >= 4 is 0 Å². The number of hydrogen-bond acceptors (Lipinski definition) is 6. The topological polar surface area (TPSA) is 55.4 Å². The highest BCUT2D eigenvalue weighted by Crippen LogP contribution is 2.30. The van der Waals surface area contributed by atoms with Gasteiger partial charge in [0.05, 0.1) is 0 Å². The molecule has 0 aliphatic carbocycles. The largest absolute Gasteiger partial charge is 0.489 e. The van der Waals surface area contributed by atoms with Crippen LogP contribution in [0.1, 0.15) is 38.9 Å². The maximum absolute atomic E-state index is 6.32. The van der Waals surface area contributed by atoms with Crippen molar-refractivity contribution in [2.45, 2.75) is 39.6 Å². The Morgan fingerprint density at radius 1 is 0.286 bits per heavy atom. The summed E-state index contributed by atoms with van der Waals surface area (Å²) >= 11 is 0. The molecule has 7 aromatic carbocycles. The molecule has 278 valence electrons. The third kappa shape index (κ3) is 11.4. The van der Waals surface area contributed by atoms with Crippen LogP contribution in [0.15, 0.2) is 176 Å². The highest BCUT2D eigenvalue weighted by molar-refractivity contribution is 5.46. The average Bonchev–Trinajstić information content (AvgIpc) is 3.26. The Hall–Kier alpha value is -7.10. The maximum Gasteiger partial charge on any atom is 0.124 e. The van der Waals surface area contributed by atoms with Gasteiger partial charge >= 0.3 is 0 Å². The Morgan fingerprint density at radius 3 is 0.768 bits per heavy atom. The zero-order chi connectivity index (χ0) is 38.2. The average molecular weight is 739 g/mol. The zero-order valence-electron chi connectivity index (χ0n) is 31.0. The Balaban J connectivity index is 1.05. The Bertz CT molecular complexity index is 2040. The van der Waals surface area contributed by atoms with E-state index in [9.17, 15) is 0 Å². The van der Waals surface area contributed by atoms with Crippen molar-refractivity contribution in [1.29, 1.82) is 0 Å². The van der Waals surface area contributed by atoms with Gasteiger partial charge in [-0.15, -0.1) is 6.42 Å². The molecular formula is C50H42O6. The third-order valence-electron chi connectivity index (χ3n) is 8.73. The molecule has 0 aliphatic rings. The van der Waals surface area contributed by atoms with Gasteiger partial charge in [0.25, 0.3) is 0 Å². The Labute approximate surface area is 328 Å². The smallest absolute Gasteiger partial charge is 0.124 e. The second-order valence-electron chi connectivity index (χ2n) is 13.1. The first kappa shape index (κ1) is 37.2. The molecule has 0 unspecified atom stereocenters. The van der Waals surface area contributed by atoms with E-state index in [-0.39, 0.29) is 13.2 Å². The van der Waals surface area contributed by atoms with Crippen molar-refractivity contribution < 1.29 is 28.4 Å². The lowest BCUT2D eigenvalue weighted by Crippen LogP contribution is -2.03. The molecule has 0 saturated heterocycles. The van der Waals surface area contributed by atoms with Crippen LogP contribution in [-0.4, -0.2) is 0 Å². The molecule has 6 nitrogen and oxygen atoms in total. The number of benzene rings is 7. The van der Waals surface area contributed by atoms with Gasteiger partial charge in [-0.1, -0.05) is 127 Å². The van der Waals surface area contributed by atoms with Gasteiger partial charge in [0.15, 0.2) is 0 Å². The van der Waals surface area contributed by atoms with Crippen LogP contribution in [0.3, 0.4) is 0 Å². The van der Waals surface area contributed by atoms with Crippen LogP contribution in [0.2, 0.25) is 0 Å². The Kier molecular flexibility index (Phi) is 12.8. The fourth-order valence-corrected chi connectivity index (χ4v) is 5.88. The fraction of sp³-hybridized carbons (Fsp3) is 0.120. The highest BCUT2D eigenvalue weighted by Gasteiger charge is 2.10. The molecule has 0 amide bonds. The molecule has 0 radical (unpaired) electrons. The summed E-state index contributed by atoms with van der Waals surface area (Å²) in [4.78, 5) is 0. The van der Waals surface area contributed by atoms with Crippen LogP contribution < -0.4 is 28.4 Å². The molecule has 0 aromatic heterocycles. The molecule has 0 N–H and O–H groups in total. The van der Waals surface area contributed by atoms with Gasteiger partial charge in [0.2, 0.25) is 0 Å². The SMILES string of the molecule is C#Cc1cc(OCc2cc(OCc3ccccc3)cc(OCc3ccccc3)c2)cc(OCc2cc(OCc3ccccc3)cc(OCc3ccccc3)c2)c1. The van der Waals surface area contributed by atoms with Crippen LogP contribution in [0.25, 0.3) is 0 Å². The summed E-state index contributed by atoms with van der Waals surface area (Å²) in [6.07, 6.45) is 5.88. The van der Waals surface area contributed by atoms with Crippen molar-refractivity contribution in [3.05, 3.63) is 215 Å². The van der Waals surface area contributed by atoms with E-state index in [1.807, 2.05) is 176 Å². The summed E-state index contributed by atoms with van der Waals surface area (Å²) in [5.74, 6) is 6.61. The van der Waals surface area contributed by atoms with Gasteiger partial charge in [-0.25, -0.2) is 0 Å². The van der Waals surface area contributed by atoms with Gasteiger partial charge in [-0.3, -0.25) is 0 Å². The summed E-state index contributed by atoms with van der Waals surface area (Å²) in [7, 11) is 0. The first-order valence-electron chi connectivity index (χ1n) is 18.5. The lowest BCUT2D eigenvalue weighted by Gasteiger charge is -2.15. The minimum Gasteiger partial charge on any atom is -0.489 e. The zero-order valence-corrected chi connectivity index (χ0v) is 31.0. The van der Waals surface area contributed by atoms with E-state index in [2.05, 4.69) is 5.92 Å². The first-order valence-corrected chi connectivity index (χ1v) is 18.5. The molecule has 6 heteroatoms. The van der Waals surface area contributed by atoms with Crippen LogP contribution in [-0.2, 0) is 39.6 Å². The lowest BCUT2D eigenvalue weighted by molar-refractivity contribution is 0.276. The minimum absolute atomic E-state index is 0.251. The molecule has 56 heavy (non-hydrogen) atoms. The number of hydrogen-bond donors (Lipinski definition) is 0. The van der Waals surface area contributed by atoms with E-state index in [1.165, 1.54) is 0 Å². The standard InChI is InChI=1S/C50H42O6/c1-2-38-23-45(55-36-43-25-47(51-32-39-15-7-3-8-16-39)30-48(26-43)52-33-40-17-9-4-10-18-40)29-46(24-38)56-37-44-27-49(53-34-41-19-11-5-12-20-41)31-50(28-44)54-35-42-21-13-6-14-22-42/h1,3-31H,32-37H2. The molecule has 0 spiro atoms. The summed E-state index contributed by atoms with van der Waals surface area (Å²) in [5, 5.41) is 0. The van der Waals surface area contributed by atoms with Crippen molar-refractivity contribution in [1.82, 2.24) is 0 Å². The lowest BCUT2D eigenvalue weighted by atomic mass is 10.2. The molecular weight excluding hydrogens is 697 g/mol. The molecule has 0 saturated carbocycles. The van der Waals surface area contributed by atoms with E-state index >= 15 is 0 Å². The van der Waals surface area contributed by atoms with Crippen molar-refractivity contribution in [3.8, 4) is 46.8 Å². The first-order chi connectivity index (χ1) is 27.6. The van der Waals surface area contributed by atoms with E-state index in [1.54, 1.807) is 0 Å².